The summed E-state index contributed by atoms with van der Waals surface area (Å²) in [5.41, 5.74) is 3.32. The first-order chi connectivity index (χ1) is 17.1. The van der Waals surface area contributed by atoms with Crippen molar-refractivity contribution in [2.75, 3.05) is 18.9 Å². The van der Waals surface area contributed by atoms with Crippen LogP contribution in [-0.4, -0.2) is 42.9 Å². The summed E-state index contributed by atoms with van der Waals surface area (Å²) in [6, 6.07) is 29.9. The minimum atomic E-state index is -0.759. The average Bonchev–Trinajstić information content (AvgIpc) is 3.46. The lowest BCUT2D eigenvalue weighted by atomic mass is 9.84. The van der Waals surface area contributed by atoms with Crippen LogP contribution in [-0.2, 0) is 19.1 Å². The van der Waals surface area contributed by atoms with E-state index in [9.17, 15) is 9.59 Å². The summed E-state index contributed by atoms with van der Waals surface area (Å²) in [6.07, 6.45) is 1.73. The molecule has 2 atom stereocenters. The van der Waals surface area contributed by atoms with Crippen molar-refractivity contribution < 1.29 is 14.3 Å². The highest BCUT2D eigenvalue weighted by atomic mass is 32.2. The number of amides is 1. The van der Waals surface area contributed by atoms with Crippen molar-refractivity contribution >= 4 is 23.6 Å². The topological polar surface area (TPSA) is 67.4 Å². The Balaban J connectivity index is 1.72. The molecule has 0 spiro atoms. The second-order valence-corrected chi connectivity index (χ2v) is 9.79. The Bertz CT molecular complexity index is 990. The molecule has 6 heteroatoms. The minimum Gasteiger partial charge on any atom is -0.464 e. The number of ether oxygens (including phenoxy) is 1. The summed E-state index contributed by atoms with van der Waals surface area (Å²) >= 11 is 1.64. The van der Waals surface area contributed by atoms with Gasteiger partial charge in [-0.05, 0) is 43.0 Å². The molecule has 3 aromatic carbocycles. The third kappa shape index (κ3) is 5.77. The maximum atomic E-state index is 12.9. The van der Waals surface area contributed by atoms with Crippen molar-refractivity contribution in [2.45, 2.75) is 36.6 Å². The molecule has 1 aliphatic rings. The molecule has 1 unspecified atom stereocenters. The molecule has 1 fully saturated rings. The van der Waals surface area contributed by atoms with Crippen molar-refractivity contribution in [1.82, 2.24) is 10.6 Å². The van der Waals surface area contributed by atoms with E-state index in [1.165, 1.54) is 0 Å². The zero-order chi connectivity index (χ0) is 24.5. The van der Waals surface area contributed by atoms with Crippen LogP contribution >= 0.6 is 11.8 Å². The maximum absolute atomic E-state index is 12.9. The Morgan fingerprint density at radius 1 is 0.943 bits per heavy atom. The summed E-state index contributed by atoms with van der Waals surface area (Å²) in [6.45, 7) is 2.86. The molecule has 1 aliphatic heterocycles. The molecule has 0 saturated carbocycles. The first kappa shape index (κ1) is 25.0. The lowest BCUT2D eigenvalue weighted by Crippen LogP contribution is -2.50. The van der Waals surface area contributed by atoms with Crippen molar-refractivity contribution in [3.8, 4) is 0 Å². The van der Waals surface area contributed by atoms with Crippen LogP contribution in [0.1, 0.15) is 36.5 Å². The Morgan fingerprint density at radius 2 is 1.46 bits per heavy atom. The maximum Gasteiger partial charge on any atom is 0.329 e. The third-order valence-corrected chi connectivity index (χ3v) is 7.91. The molecular weight excluding hydrogens is 456 g/mol. The van der Waals surface area contributed by atoms with Crippen molar-refractivity contribution in [2.24, 2.45) is 0 Å². The fourth-order valence-electron chi connectivity index (χ4n) is 4.57. The van der Waals surface area contributed by atoms with E-state index in [2.05, 4.69) is 47.0 Å². The first-order valence-corrected chi connectivity index (χ1v) is 13.1. The standard InChI is InChI=1S/C29H32N2O3S/c1-2-34-28(33)26(31-27(32)25-19-12-20-30-25)21-35-29(22-13-6-3-7-14-22,23-15-8-4-9-16-23)24-17-10-5-11-18-24/h3-11,13-18,25-26,30H,2,12,19-21H2,1H3,(H,31,32)/t25?,26-/m0/s1. The summed E-state index contributed by atoms with van der Waals surface area (Å²) in [5.74, 6) is -0.198. The number of carbonyl (C=O) groups excluding carboxylic acids is 2. The van der Waals surface area contributed by atoms with Crippen LogP contribution < -0.4 is 10.6 Å². The van der Waals surface area contributed by atoms with Crippen LogP contribution in [0.25, 0.3) is 0 Å². The summed E-state index contributed by atoms with van der Waals surface area (Å²) in [7, 11) is 0. The molecule has 0 aromatic heterocycles. The van der Waals surface area contributed by atoms with Gasteiger partial charge in [-0.15, -0.1) is 11.8 Å². The van der Waals surface area contributed by atoms with Crippen molar-refractivity contribution in [3.63, 3.8) is 0 Å². The lowest BCUT2D eigenvalue weighted by Gasteiger charge is -2.36. The normalized spacial score (nSPS) is 16.4. The van der Waals surface area contributed by atoms with Crippen molar-refractivity contribution in [1.29, 1.82) is 0 Å². The highest BCUT2D eigenvalue weighted by Crippen LogP contribution is 2.48. The summed E-state index contributed by atoms with van der Waals surface area (Å²) in [5, 5.41) is 6.19. The number of nitrogens with one attached hydrogen (secondary N) is 2. The van der Waals surface area contributed by atoms with Crippen molar-refractivity contribution in [3.05, 3.63) is 108 Å². The Kier molecular flexibility index (Phi) is 8.61. The van der Waals surface area contributed by atoms with E-state index >= 15 is 0 Å². The first-order valence-electron chi connectivity index (χ1n) is 12.2. The molecule has 1 saturated heterocycles. The van der Waals surface area contributed by atoms with E-state index in [0.717, 1.165) is 36.1 Å². The van der Waals surface area contributed by atoms with Gasteiger partial charge in [0.1, 0.15) is 6.04 Å². The fourth-order valence-corrected chi connectivity index (χ4v) is 6.11. The molecule has 0 aliphatic carbocycles. The van der Waals surface area contributed by atoms with Gasteiger partial charge in [0.2, 0.25) is 5.91 Å². The molecule has 35 heavy (non-hydrogen) atoms. The van der Waals surface area contributed by atoms with E-state index in [1.807, 2.05) is 54.6 Å². The van der Waals surface area contributed by atoms with Gasteiger partial charge in [-0.1, -0.05) is 91.0 Å². The number of benzene rings is 3. The highest BCUT2D eigenvalue weighted by Gasteiger charge is 2.39. The van der Waals surface area contributed by atoms with E-state index in [4.69, 9.17) is 4.74 Å². The van der Waals surface area contributed by atoms with Gasteiger partial charge >= 0.3 is 5.97 Å². The van der Waals surface area contributed by atoms with E-state index < -0.39 is 16.8 Å². The predicted octanol–water partition coefficient (Wildman–Crippen LogP) is 4.51. The minimum absolute atomic E-state index is 0.147. The third-order valence-electron chi connectivity index (χ3n) is 6.27. The largest absolute Gasteiger partial charge is 0.464 e. The van der Waals surface area contributed by atoms with E-state index in [0.29, 0.717) is 5.75 Å². The molecule has 4 rings (SSSR count). The van der Waals surface area contributed by atoms with E-state index in [1.54, 1.807) is 18.7 Å². The van der Waals surface area contributed by atoms with Crippen LogP contribution in [0.3, 0.4) is 0 Å². The molecule has 2 N–H and O–H groups in total. The SMILES string of the molecule is CCOC(=O)[C@H](CSC(c1ccccc1)(c1ccccc1)c1ccccc1)NC(=O)C1CCCN1. The molecule has 182 valence electrons. The molecule has 0 radical (unpaired) electrons. The number of rotatable bonds is 10. The quantitative estimate of drug-likeness (QED) is 0.325. The monoisotopic (exact) mass is 488 g/mol. The zero-order valence-corrected chi connectivity index (χ0v) is 20.8. The van der Waals surface area contributed by atoms with E-state index in [-0.39, 0.29) is 18.6 Å². The van der Waals surface area contributed by atoms with Gasteiger partial charge < -0.3 is 15.4 Å². The van der Waals surface area contributed by atoms with Crippen LogP contribution in [0.5, 0.6) is 0 Å². The van der Waals surface area contributed by atoms with Gasteiger partial charge in [-0.25, -0.2) is 4.79 Å². The fraction of sp³-hybridized carbons (Fsp3) is 0.310. The predicted molar refractivity (Wildman–Crippen MR) is 141 cm³/mol. The Hall–Kier alpha value is -3.09. The van der Waals surface area contributed by atoms with Gasteiger partial charge in [-0.2, -0.15) is 0 Å². The second kappa shape index (κ2) is 12.0. The molecule has 3 aromatic rings. The molecule has 0 bridgehead atoms. The molecule has 5 nitrogen and oxygen atoms in total. The van der Waals surface area contributed by atoms with Crippen LogP contribution in [0, 0.1) is 0 Å². The Morgan fingerprint density at radius 3 is 1.89 bits per heavy atom. The molecule has 1 amide bonds. The lowest BCUT2D eigenvalue weighted by molar-refractivity contribution is -0.146. The Labute approximate surface area is 211 Å². The average molecular weight is 489 g/mol. The number of esters is 1. The highest BCUT2D eigenvalue weighted by molar-refractivity contribution is 8.00. The number of thioether (sulfide) groups is 1. The summed E-state index contributed by atoms with van der Waals surface area (Å²) in [4.78, 5) is 25.9. The van der Waals surface area contributed by atoms with Crippen LogP contribution in [0.15, 0.2) is 91.0 Å². The van der Waals surface area contributed by atoms with Gasteiger partial charge in [0.15, 0.2) is 0 Å². The van der Waals surface area contributed by atoms with Crippen LogP contribution in [0.2, 0.25) is 0 Å². The smallest absolute Gasteiger partial charge is 0.329 e. The molecule has 1 heterocycles. The van der Waals surface area contributed by atoms with Gasteiger partial charge in [0.25, 0.3) is 0 Å². The number of hydrogen-bond acceptors (Lipinski definition) is 5. The number of carbonyl (C=O) groups is 2. The second-order valence-electron chi connectivity index (χ2n) is 8.55. The number of hydrogen-bond donors (Lipinski definition) is 2. The van der Waals surface area contributed by atoms with Crippen LogP contribution in [0.4, 0.5) is 0 Å². The van der Waals surface area contributed by atoms with Gasteiger partial charge in [0.05, 0.1) is 17.4 Å². The summed E-state index contributed by atoms with van der Waals surface area (Å²) < 4.78 is 4.78. The molecular formula is C29H32N2O3S. The zero-order valence-electron chi connectivity index (χ0n) is 20.0. The van der Waals surface area contributed by atoms with Gasteiger partial charge in [-0.3, -0.25) is 4.79 Å². The van der Waals surface area contributed by atoms with Gasteiger partial charge in [0, 0.05) is 5.75 Å².